The van der Waals surface area contributed by atoms with E-state index < -0.39 is 6.10 Å². The minimum Gasteiger partial charge on any atom is -0.464 e. The van der Waals surface area contributed by atoms with Gasteiger partial charge < -0.3 is 19.2 Å². The van der Waals surface area contributed by atoms with Crippen molar-refractivity contribution in [3.8, 4) is 0 Å². The quantitative estimate of drug-likeness (QED) is 0.891. The normalized spacial score (nSPS) is 24.5. The number of rotatable bonds is 3. The molecule has 1 aromatic carbocycles. The molecule has 0 spiro atoms. The molecule has 0 bridgehead atoms. The van der Waals surface area contributed by atoms with E-state index in [2.05, 4.69) is 24.8 Å². The van der Waals surface area contributed by atoms with Crippen LogP contribution < -0.4 is 0 Å². The predicted molar refractivity (Wildman–Crippen MR) is 103 cm³/mol. The molecule has 6 heteroatoms. The van der Waals surface area contributed by atoms with Crippen molar-refractivity contribution >= 4 is 16.9 Å². The molecule has 2 fully saturated rings. The van der Waals surface area contributed by atoms with E-state index in [0.717, 1.165) is 53.7 Å². The number of furan rings is 1. The second kappa shape index (κ2) is 7.62. The Balaban J connectivity index is 1.43. The largest absolute Gasteiger partial charge is 0.464 e. The zero-order chi connectivity index (χ0) is 19.0. The van der Waals surface area contributed by atoms with Crippen LogP contribution in [-0.4, -0.2) is 72.4 Å². The molecule has 0 saturated carbocycles. The van der Waals surface area contributed by atoms with E-state index in [1.54, 1.807) is 6.26 Å². The summed E-state index contributed by atoms with van der Waals surface area (Å²) < 4.78 is 11.1. The van der Waals surface area contributed by atoms with Gasteiger partial charge in [0.1, 0.15) is 5.58 Å². The van der Waals surface area contributed by atoms with Crippen LogP contribution in [0, 0.1) is 13.8 Å². The molecule has 0 aliphatic carbocycles. The molecular formula is C21H28N2O4. The van der Waals surface area contributed by atoms with Crippen molar-refractivity contribution in [1.82, 2.24) is 9.80 Å². The Morgan fingerprint density at radius 3 is 2.81 bits per heavy atom. The SMILES string of the molecule is Cc1cc(C)c2c(CC(=O)N3CCCN([C@H]4COC[C@@H]4O)CC3)coc2c1. The van der Waals surface area contributed by atoms with Gasteiger partial charge in [-0.15, -0.1) is 0 Å². The number of benzene rings is 1. The summed E-state index contributed by atoms with van der Waals surface area (Å²) in [7, 11) is 0. The number of carbonyl (C=O) groups excluding carboxylic acids is 1. The smallest absolute Gasteiger partial charge is 0.227 e. The molecule has 1 amide bonds. The van der Waals surface area contributed by atoms with E-state index in [-0.39, 0.29) is 11.9 Å². The second-order valence-electron chi connectivity index (χ2n) is 7.84. The number of fused-ring (bicyclic) bond motifs is 1. The molecule has 4 rings (SSSR count). The van der Waals surface area contributed by atoms with Crippen LogP contribution in [0.4, 0.5) is 0 Å². The molecule has 2 saturated heterocycles. The van der Waals surface area contributed by atoms with Crippen molar-refractivity contribution in [2.75, 3.05) is 39.4 Å². The number of ether oxygens (including phenoxy) is 1. The maximum Gasteiger partial charge on any atom is 0.227 e. The van der Waals surface area contributed by atoms with Gasteiger partial charge in [0.2, 0.25) is 5.91 Å². The average Bonchev–Trinajstić information content (AvgIpc) is 3.13. The lowest BCUT2D eigenvalue weighted by molar-refractivity contribution is -0.130. The van der Waals surface area contributed by atoms with E-state index in [9.17, 15) is 9.90 Å². The van der Waals surface area contributed by atoms with Crippen LogP contribution in [0.15, 0.2) is 22.8 Å². The number of aliphatic hydroxyl groups is 1. The Morgan fingerprint density at radius 2 is 2.04 bits per heavy atom. The van der Waals surface area contributed by atoms with Gasteiger partial charge >= 0.3 is 0 Å². The summed E-state index contributed by atoms with van der Waals surface area (Å²) in [6.45, 7) is 8.23. The number of aliphatic hydroxyl groups excluding tert-OH is 1. The van der Waals surface area contributed by atoms with Crippen molar-refractivity contribution in [3.05, 3.63) is 35.1 Å². The first kappa shape index (κ1) is 18.5. The number of nitrogens with zero attached hydrogens (tertiary/aromatic N) is 2. The van der Waals surface area contributed by atoms with E-state index in [0.29, 0.717) is 26.2 Å². The topological polar surface area (TPSA) is 66.2 Å². The molecule has 0 unspecified atom stereocenters. The molecule has 3 heterocycles. The first-order valence-corrected chi connectivity index (χ1v) is 9.78. The van der Waals surface area contributed by atoms with Crippen molar-refractivity contribution in [2.24, 2.45) is 0 Å². The van der Waals surface area contributed by atoms with Gasteiger partial charge in [0, 0.05) is 37.1 Å². The average molecular weight is 372 g/mol. The van der Waals surface area contributed by atoms with E-state index in [4.69, 9.17) is 9.15 Å². The third kappa shape index (κ3) is 3.74. The fourth-order valence-electron chi connectivity index (χ4n) is 4.43. The summed E-state index contributed by atoms with van der Waals surface area (Å²) in [5.41, 5.74) is 4.14. The maximum atomic E-state index is 12.9. The molecule has 2 aliphatic rings. The second-order valence-corrected chi connectivity index (χ2v) is 7.84. The Hall–Kier alpha value is -1.89. The minimum absolute atomic E-state index is 0.0590. The summed E-state index contributed by atoms with van der Waals surface area (Å²) in [4.78, 5) is 17.1. The highest BCUT2D eigenvalue weighted by atomic mass is 16.5. The zero-order valence-corrected chi connectivity index (χ0v) is 16.1. The monoisotopic (exact) mass is 372 g/mol. The summed E-state index contributed by atoms with van der Waals surface area (Å²) in [6, 6.07) is 4.21. The van der Waals surface area contributed by atoms with Crippen LogP contribution in [0.2, 0.25) is 0 Å². The minimum atomic E-state index is -0.420. The highest BCUT2D eigenvalue weighted by molar-refractivity contribution is 5.90. The highest BCUT2D eigenvalue weighted by Gasteiger charge is 2.33. The van der Waals surface area contributed by atoms with E-state index in [1.165, 1.54) is 0 Å². The van der Waals surface area contributed by atoms with Gasteiger partial charge in [-0.1, -0.05) is 6.07 Å². The van der Waals surface area contributed by atoms with Crippen LogP contribution in [0.3, 0.4) is 0 Å². The molecule has 2 aliphatic heterocycles. The van der Waals surface area contributed by atoms with E-state index in [1.807, 2.05) is 11.0 Å². The van der Waals surface area contributed by atoms with Crippen molar-refractivity contribution in [3.63, 3.8) is 0 Å². The maximum absolute atomic E-state index is 12.9. The number of hydrogen-bond acceptors (Lipinski definition) is 5. The Bertz CT molecular complexity index is 831. The third-order valence-corrected chi connectivity index (χ3v) is 5.81. The number of aryl methyl sites for hydroxylation is 2. The molecule has 1 N–H and O–H groups in total. The molecule has 1 aromatic heterocycles. The fourth-order valence-corrected chi connectivity index (χ4v) is 4.43. The number of carbonyl (C=O) groups is 1. The molecule has 6 nitrogen and oxygen atoms in total. The van der Waals surface area contributed by atoms with Gasteiger partial charge in [0.25, 0.3) is 0 Å². The first-order chi connectivity index (χ1) is 13.0. The summed E-state index contributed by atoms with van der Waals surface area (Å²) >= 11 is 0. The van der Waals surface area contributed by atoms with Crippen LogP contribution >= 0.6 is 0 Å². The van der Waals surface area contributed by atoms with Gasteiger partial charge in [0.15, 0.2) is 0 Å². The number of amides is 1. The molecule has 27 heavy (non-hydrogen) atoms. The van der Waals surface area contributed by atoms with Crippen molar-refractivity contribution in [1.29, 1.82) is 0 Å². The van der Waals surface area contributed by atoms with Gasteiger partial charge in [-0.25, -0.2) is 0 Å². The Labute approximate surface area is 159 Å². The molecule has 2 aromatic rings. The van der Waals surface area contributed by atoms with Crippen molar-refractivity contribution in [2.45, 2.75) is 38.8 Å². The Morgan fingerprint density at radius 1 is 1.19 bits per heavy atom. The van der Waals surface area contributed by atoms with Crippen LogP contribution in [-0.2, 0) is 16.0 Å². The van der Waals surface area contributed by atoms with Gasteiger partial charge in [-0.3, -0.25) is 9.69 Å². The van der Waals surface area contributed by atoms with E-state index >= 15 is 0 Å². The standard InChI is InChI=1S/C21H28N2O4/c1-14-8-15(2)21-16(11-27-19(21)9-14)10-20(25)23-5-3-4-22(6-7-23)17-12-26-13-18(17)24/h8-9,11,17-18,24H,3-7,10,12-13H2,1-2H3/t17-,18-/m0/s1. The van der Waals surface area contributed by atoms with Gasteiger partial charge in [0.05, 0.1) is 38.0 Å². The molecule has 146 valence electrons. The van der Waals surface area contributed by atoms with Crippen molar-refractivity contribution < 1.29 is 19.1 Å². The Kier molecular flexibility index (Phi) is 5.21. The third-order valence-electron chi connectivity index (χ3n) is 5.81. The summed E-state index contributed by atoms with van der Waals surface area (Å²) in [6.07, 6.45) is 2.59. The lowest BCUT2D eigenvalue weighted by Gasteiger charge is -2.28. The lowest BCUT2D eigenvalue weighted by Crippen LogP contribution is -2.45. The van der Waals surface area contributed by atoms with Crippen LogP contribution in [0.5, 0.6) is 0 Å². The van der Waals surface area contributed by atoms with Crippen LogP contribution in [0.25, 0.3) is 11.0 Å². The summed E-state index contributed by atoms with van der Waals surface area (Å²) in [5, 5.41) is 11.1. The molecule has 2 atom stereocenters. The lowest BCUT2D eigenvalue weighted by atomic mass is 10.0. The van der Waals surface area contributed by atoms with Gasteiger partial charge in [-0.05, 0) is 37.5 Å². The fraction of sp³-hybridized carbons (Fsp3) is 0.571. The zero-order valence-electron chi connectivity index (χ0n) is 16.1. The molecule has 0 radical (unpaired) electrons. The molecular weight excluding hydrogens is 344 g/mol. The number of hydrogen-bond donors (Lipinski definition) is 1. The predicted octanol–water partition coefficient (Wildman–Crippen LogP) is 1.89. The summed E-state index contributed by atoms with van der Waals surface area (Å²) in [5.74, 6) is 0.141. The first-order valence-electron chi connectivity index (χ1n) is 9.78. The van der Waals surface area contributed by atoms with Gasteiger partial charge in [-0.2, -0.15) is 0 Å². The van der Waals surface area contributed by atoms with Crippen LogP contribution in [0.1, 0.15) is 23.1 Å². The highest BCUT2D eigenvalue weighted by Crippen LogP contribution is 2.27.